The van der Waals surface area contributed by atoms with Crippen molar-refractivity contribution in [1.82, 2.24) is 9.80 Å². The van der Waals surface area contributed by atoms with Crippen molar-refractivity contribution in [2.75, 3.05) is 31.1 Å². The smallest absolute Gasteiger partial charge is 0.253 e. The van der Waals surface area contributed by atoms with Gasteiger partial charge in [0.15, 0.2) is 0 Å². The minimum Gasteiger partial charge on any atom is -0.395 e. The summed E-state index contributed by atoms with van der Waals surface area (Å²) in [5.41, 5.74) is 1.03. The summed E-state index contributed by atoms with van der Waals surface area (Å²) in [6.07, 6.45) is 6.71. The molecule has 5 atom stereocenters. The molecular formula is C30H30ClN3O5. The van der Waals surface area contributed by atoms with Crippen LogP contribution in [0.4, 0.5) is 5.69 Å². The molecule has 39 heavy (non-hydrogen) atoms. The van der Waals surface area contributed by atoms with Crippen LogP contribution in [0.15, 0.2) is 72.8 Å². The van der Waals surface area contributed by atoms with Crippen molar-refractivity contribution < 1.29 is 24.2 Å². The molecule has 4 aliphatic heterocycles. The largest absolute Gasteiger partial charge is 0.395 e. The molecule has 8 nitrogen and oxygen atoms in total. The third-order valence-corrected chi connectivity index (χ3v) is 8.56. The molecule has 0 saturated carbocycles. The Bertz CT molecular complexity index is 1360. The van der Waals surface area contributed by atoms with Gasteiger partial charge in [-0.05, 0) is 24.1 Å². The second-order valence-corrected chi connectivity index (χ2v) is 10.9. The molecular weight excluding hydrogens is 518 g/mol. The lowest BCUT2D eigenvalue weighted by Crippen LogP contribution is -2.56. The van der Waals surface area contributed by atoms with Gasteiger partial charge in [0.05, 0.1) is 35.3 Å². The number of benzene rings is 2. The number of amides is 3. The van der Waals surface area contributed by atoms with E-state index in [2.05, 4.69) is 0 Å². The van der Waals surface area contributed by atoms with Crippen molar-refractivity contribution in [3.8, 4) is 0 Å². The molecule has 1 spiro atoms. The molecule has 2 saturated heterocycles. The first-order chi connectivity index (χ1) is 18.9. The molecule has 4 heterocycles. The van der Waals surface area contributed by atoms with Gasteiger partial charge >= 0.3 is 0 Å². The zero-order chi connectivity index (χ0) is 27.3. The maximum atomic E-state index is 14.3. The van der Waals surface area contributed by atoms with Crippen molar-refractivity contribution in [3.05, 3.63) is 89.0 Å². The summed E-state index contributed by atoms with van der Waals surface area (Å²) in [6, 6.07) is 14.1. The lowest BCUT2D eigenvalue weighted by molar-refractivity contribution is -0.145. The number of ether oxygens (including phenoxy) is 1. The van der Waals surface area contributed by atoms with Crippen LogP contribution < -0.4 is 4.90 Å². The first kappa shape index (κ1) is 25.8. The summed E-state index contributed by atoms with van der Waals surface area (Å²) >= 11 is 6.55. The van der Waals surface area contributed by atoms with Gasteiger partial charge in [-0.1, -0.05) is 78.4 Å². The van der Waals surface area contributed by atoms with Crippen LogP contribution in [0.25, 0.3) is 0 Å². The van der Waals surface area contributed by atoms with Gasteiger partial charge in [0.25, 0.3) is 5.91 Å². The van der Waals surface area contributed by atoms with E-state index >= 15 is 0 Å². The van der Waals surface area contributed by atoms with E-state index in [1.807, 2.05) is 67.6 Å². The Kier molecular flexibility index (Phi) is 6.57. The van der Waals surface area contributed by atoms with Crippen LogP contribution in [-0.2, 0) is 25.7 Å². The van der Waals surface area contributed by atoms with Gasteiger partial charge in [-0.25, -0.2) is 0 Å². The Balaban J connectivity index is 1.41. The van der Waals surface area contributed by atoms with Crippen molar-refractivity contribution in [1.29, 1.82) is 0 Å². The number of β-amino-alcohol motifs (C(OH)–C–C–N with tert-alkyl or cyclic N) is 1. The monoisotopic (exact) mass is 547 g/mol. The number of fused-ring (bicyclic) bond motifs is 2. The number of anilines is 1. The normalized spacial score (nSPS) is 29.8. The molecule has 1 N–H and O–H groups in total. The zero-order valence-corrected chi connectivity index (χ0v) is 22.3. The molecule has 3 amide bonds. The summed E-state index contributed by atoms with van der Waals surface area (Å²) in [6.45, 7) is 2.54. The van der Waals surface area contributed by atoms with E-state index in [0.29, 0.717) is 23.8 Å². The van der Waals surface area contributed by atoms with Crippen molar-refractivity contribution in [2.45, 2.75) is 31.2 Å². The topological polar surface area (TPSA) is 90.4 Å². The van der Waals surface area contributed by atoms with Crippen LogP contribution in [0.5, 0.6) is 0 Å². The second kappa shape index (κ2) is 9.93. The molecule has 0 radical (unpaired) electrons. The number of aryl methyl sites for hydroxylation is 1. The van der Waals surface area contributed by atoms with Gasteiger partial charge in [-0.3, -0.25) is 14.4 Å². The summed E-state index contributed by atoms with van der Waals surface area (Å²) in [4.78, 5) is 47.1. The van der Waals surface area contributed by atoms with Gasteiger partial charge in [0.1, 0.15) is 11.6 Å². The molecule has 9 heteroatoms. The summed E-state index contributed by atoms with van der Waals surface area (Å²) in [7, 11) is 0. The first-order valence-electron chi connectivity index (χ1n) is 13.2. The van der Waals surface area contributed by atoms with Crippen LogP contribution >= 0.6 is 11.6 Å². The number of hydrogen-bond donors (Lipinski definition) is 1. The number of likely N-dealkylation sites (tertiary alicyclic amines) is 1. The van der Waals surface area contributed by atoms with Gasteiger partial charge in [0, 0.05) is 26.2 Å². The number of hydrogen-bond acceptors (Lipinski definition) is 5. The molecule has 1 unspecified atom stereocenters. The number of nitrogens with zero attached hydrogens (tertiary/aromatic N) is 3. The Morgan fingerprint density at radius 2 is 1.79 bits per heavy atom. The highest BCUT2D eigenvalue weighted by atomic mass is 35.5. The lowest BCUT2D eigenvalue weighted by Gasteiger charge is -2.35. The maximum Gasteiger partial charge on any atom is 0.253 e. The van der Waals surface area contributed by atoms with E-state index in [9.17, 15) is 19.5 Å². The van der Waals surface area contributed by atoms with E-state index in [1.54, 1.807) is 21.9 Å². The third-order valence-electron chi connectivity index (χ3n) is 8.26. The van der Waals surface area contributed by atoms with Crippen LogP contribution in [0.2, 0.25) is 5.02 Å². The number of aliphatic hydroxyl groups is 1. The van der Waals surface area contributed by atoms with E-state index in [4.69, 9.17) is 16.3 Å². The number of carbonyl (C=O) groups excluding carboxylic acids is 3. The average molecular weight is 548 g/mol. The van der Waals surface area contributed by atoms with E-state index in [0.717, 1.165) is 11.1 Å². The van der Waals surface area contributed by atoms with E-state index in [-0.39, 0.29) is 37.4 Å². The highest BCUT2D eigenvalue weighted by molar-refractivity contribution is 6.34. The highest BCUT2D eigenvalue weighted by Gasteiger charge is 2.71. The van der Waals surface area contributed by atoms with Crippen LogP contribution in [0.3, 0.4) is 0 Å². The molecule has 0 aliphatic carbocycles. The molecule has 2 fully saturated rings. The second-order valence-electron chi connectivity index (χ2n) is 10.5. The highest BCUT2D eigenvalue weighted by Crippen LogP contribution is 2.53. The molecule has 2 aromatic carbocycles. The average Bonchev–Trinajstić information content (AvgIpc) is 3.23. The SMILES string of the molecule is Cc1cccc(Cl)c1N1CC=C[C@]23O[C@H]4C=CCN(Cc5ccccc5)C(=O)[C@H]4[C@H]2C(=O)N(CCO)C3C1=O. The van der Waals surface area contributed by atoms with Crippen LogP contribution in [-0.4, -0.2) is 76.6 Å². The van der Waals surface area contributed by atoms with Crippen molar-refractivity contribution >= 4 is 35.0 Å². The number of rotatable bonds is 5. The molecule has 4 aliphatic rings. The van der Waals surface area contributed by atoms with Crippen LogP contribution in [0.1, 0.15) is 11.1 Å². The van der Waals surface area contributed by atoms with Crippen LogP contribution in [0, 0.1) is 18.8 Å². The third kappa shape index (κ3) is 4.01. The molecule has 6 rings (SSSR count). The summed E-state index contributed by atoms with van der Waals surface area (Å²) in [5, 5.41) is 10.3. The minimum atomic E-state index is -1.35. The molecule has 0 aromatic heterocycles. The quantitative estimate of drug-likeness (QED) is 0.581. The number of halogens is 1. The lowest BCUT2D eigenvalue weighted by atomic mass is 9.77. The predicted octanol–water partition coefficient (Wildman–Crippen LogP) is 2.72. The Labute approximate surface area is 232 Å². The van der Waals surface area contributed by atoms with Gasteiger partial charge in [-0.15, -0.1) is 0 Å². The van der Waals surface area contributed by atoms with E-state index < -0.39 is 29.6 Å². The fraction of sp³-hybridized carbons (Fsp3) is 0.367. The fourth-order valence-electron chi connectivity index (χ4n) is 6.65. The standard InChI is InChI=1S/C30H30ClN3O5/c1-19-8-5-11-21(31)25(19)33-15-7-13-30-24(28(37)34(16-17-35)26(30)29(33)38)23-22(39-30)12-6-14-32(27(23)36)18-20-9-3-2-4-10-20/h2-13,22-24,26,35H,14-18H2,1H3/t22-,23+,24-,26?,30-/m0/s1. The summed E-state index contributed by atoms with van der Waals surface area (Å²) in [5.74, 6) is -2.59. The van der Waals surface area contributed by atoms with Gasteiger partial charge in [0.2, 0.25) is 11.8 Å². The molecule has 2 aromatic rings. The van der Waals surface area contributed by atoms with Crippen molar-refractivity contribution in [2.24, 2.45) is 11.8 Å². The van der Waals surface area contributed by atoms with Gasteiger partial charge in [-0.2, -0.15) is 0 Å². The van der Waals surface area contributed by atoms with Gasteiger partial charge < -0.3 is 24.5 Å². The predicted molar refractivity (Wildman–Crippen MR) is 146 cm³/mol. The number of carbonyl (C=O) groups is 3. The Hall–Kier alpha value is -3.46. The molecule has 202 valence electrons. The Morgan fingerprint density at radius 1 is 1.00 bits per heavy atom. The molecule has 0 bridgehead atoms. The fourth-order valence-corrected chi connectivity index (χ4v) is 6.97. The van der Waals surface area contributed by atoms with E-state index in [1.165, 1.54) is 4.90 Å². The number of aliphatic hydroxyl groups excluding tert-OH is 1. The zero-order valence-electron chi connectivity index (χ0n) is 21.6. The minimum absolute atomic E-state index is 0.0464. The first-order valence-corrected chi connectivity index (χ1v) is 13.6. The van der Waals surface area contributed by atoms with Crippen molar-refractivity contribution in [3.63, 3.8) is 0 Å². The maximum absolute atomic E-state index is 14.3. The number of para-hydroxylation sites is 1. The Morgan fingerprint density at radius 3 is 2.54 bits per heavy atom. The summed E-state index contributed by atoms with van der Waals surface area (Å²) < 4.78 is 6.63.